The summed E-state index contributed by atoms with van der Waals surface area (Å²) in [6, 6.07) is 9.28. The molecule has 0 spiro atoms. The van der Waals surface area contributed by atoms with Crippen LogP contribution in [0.2, 0.25) is 12.1 Å². The van der Waals surface area contributed by atoms with Crippen molar-refractivity contribution in [3.8, 4) is 5.75 Å². The molecule has 19 heavy (non-hydrogen) atoms. The minimum absolute atomic E-state index is 0.600. The molecule has 0 amide bonds. The van der Waals surface area contributed by atoms with E-state index in [-0.39, 0.29) is 0 Å². The van der Waals surface area contributed by atoms with Gasteiger partial charge in [0.05, 0.1) is 8.80 Å². The Morgan fingerprint density at radius 3 is 2.32 bits per heavy atom. The molecule has 104 valence electrons. The van der Waals surface area contributed by atoms with Crippen molar-refractivity contribution in [3.05, 3.63) is 23.8 Å². The highest BCUT2D eigenvalue weighted by Gasteiger charge is 2.26. The second kappa shape index (κ2) is 6.13. The topological polar surface area (TPSA) is 20.2 Å². The average Bonchev–Trinajstić information content (AvgIpc) is 2.49. The molecule has 0 bridgehead atoms. The maximum absolute atomic E-state index is 10.4. The first-order chi connectivity index (χ1) is 9.36. The zero-order valence-electron chi connectivity index (χ0n) is 11.9. The van der Waals surface area contributed by atoms with Gasteiger partial charge in [-0.15, -0.1) is 0 Å². The fourth-order valence-electron chi connectivity index (χ4n) is 4.18. The van der Waals surface area contributed by atoms with Crippen molar-refractivity contribution in [1.29, 1.82) is 0 Å². The molecular weight excluding hydrogens is 248 g/mol. The second-order valence-corrected chi connectivity index (χ2v) is 9.62. The van der Waals surface area contributed by atoms with Crippen molar-refractivity contribution in [1.82, 2.24) is 0 Å². The molecule has 0 atom stereocenters. The summed E-state index contributed by atoms with van der Waals surface area (Å²) >= 11 is 0. The molecule has 1 heterocycles. The lowest BCUT2D eigenvalue weighted by Gasteiger charge is -2.29. The average molecular weight is 274 g/mol. The van der Waals surface area contributed by atoms with Gasteiger partial charge in [-0.2, -0.15) is 0 Å². The molecule has 0 aromatic heterocycles. The van der Waals surface area contributed by atoms with Gasteiger partial charge in [0.25, 0.3) is 0 Å². The van der Waals surface area contributed by atoms with Crippen LogP contribution in [0.1, 0.15) is 62.8 Å². The fraction of sp³-hybridized carbons (Fsp3) is 0.647. The van der Waals surface area contributed by atoms with Crippen LogP contribution in [0.15, 0.2) is 18.2 Å². The molecular formula is C17H26OSi. The molecule has 1 aliphatic heterocycles. The lowest BCUT2D eigenvalue weighted by molar-refractivity contribution is 0.416. The number of aromatic hydroxyl groups is 1. The molecule has 0 unspecified atom stereocenters. The Labute approximate surface area is 118 Å². The zero-order valence-corrected chi connectivity index (χ0v) is 13.1. The molecule has 0 radical (unpaired) electrons. The Hall–Kier alpha value is -0.763. The van der Waals surface area contributed by atoms with E-state index in [4.69, 9.17) is 0 Å². The van der Waals surface area contributed by atoms with Gasteiger partial charge in [0.1, 0.15) is 5.75 Å². The van der Waals surface area contributed by atoms with Crippen LogP contribution >= 0.6 is 0 Å². The van der Waals surface area contributed by atoms with Crippen molar-refractivity contribution in [3.63, 3.8) is 0 Å². The van der Waals surface area contributed by atoms with Gasteiger partial charge < -0.3 is 5.11 Å². The van der Waals surface area contributed by atoms with Gasteiger partial charge in [0.2, 0.25) is 0 Å². The minimum atomic E-state index is -0.783. The summed E-state index contributed by atoms with van der Waals surface area (Å²) in [5.74, 6) is 1.25. The molecule has 1 saturated heterocycles. The SMILES string of the molecule is Oc1cccc([SiH]2CCCCC2)c1C1CCCCC1. The molecule has 1 aliphatic carbocycles. The third-order valence-electron chi connectivity index (χ3n) is 5.18. The van der Waals surface area contributed by atoms with Crippen LogP contribution in [-0.4, -0.2) is 13.9 Å². The van der Waals surface area contributed by atoms with E-state index in [0.29, 0.717) is 11.7 Å². The zero-order chi connectivity index (χ0) is 13.1. The summed E-state index contributed by atoms with van der Waals surface area (Å²) in [5.41, 5.74) is 1.38. The van der Waals surface area contributed by atoms with Gasteiger partial charge >= 0.3 is 0 Å². The smallest absolute Gasteiger partial charge is 0.118 e. The van der Waals surface area contributed by atoms with Crippen LogP contribution in [0, 0.1) is 0 Å². The van der Waals surface area contributed by atoms with E-state index in [1.54, 1.807) is 5.19 Å². The summed E-state index contributed by atoms with van der Waals surface area (Å²) in [6.45, 7) is 0. The van der Waals surface area contributed by atoms with E-state index in [2.05, 4.69) is 12.1 Å². The summed E-state index contributed by atoms with van der Waals surface area (Å²) in [5, 5.41) is 12.0. The molecule has 1 nitrogen and oxygen atoms in total. The highest BCUT2D eigenvalue weighted by Crippen LogP contribution is 2.37. The highest BCUT2D eigenvalue weighted by atomic mass is 28.3. The maximum atomic E-state index is 10.4. The molecule has 3 rings (SSSR count). The lowest BCUT2D eigenvalue weighted by atomic mass is 9.83. The summed E-state index contributed by atoms with van der Waals surface area (Å²) in [7, 11) is -0.783. The van der Waals surface area contributed by atoms with E-state index in [9.17, 15) is 5.11 Å². The Morgan fingerprint density at radius 1 is 0.895 bits per heavy atom. The largest absolute Gasteiger partial charge is 0.508 e. The monoisotopic (exact) mass is 274 g/mol. The third-order valence-corrected chi connectivity index (χ3v) is 8.77. The second-order valence-electron chi connectivity index (χ2n) is 6.45. The predicted octanol–water partition coefficient (Wildman–Crippen LogP) is 4.06. The molecule has 1 aromatic carbocycles. The Kier molecular flexibility index (Phi) is 4.27. The van der Waals surface area contributed by atoms with Gasteiger partial charge in [0.15, 0.2) is 0 Å². The van der Waals surface area contributed by atoms with Crippen molar-refractivity contribution in [2.24, 2.45) is 0 Å². The molecule has 1 aromatic rings. The normalized spacial score (nSPS) is 22.5. The van der Waals surface area contributed by atoms with Crippen molar-refractivity contribution in [2.75, 3.05) is 0 Å². The van der Waals surface area contributed by atoms with Crippen molar-refractivity contribution >= 4 is 14.0 Å². The summed E-state index contributed by atoms with van der Waals surface area (Å²) in [6.07, 6.45) is 11.0. The number of rotatable bonds is 2. The predicted molar refractivity (Wildman–Crippen MR) is 84.2 cm³/mol. The summed E-state index contributed by atoms with van der Waals surface area (Å²) < 4.78 is 0. The van der Waals surface area contributed by atoms with Crippen LogP contribution in [0.4, 0.5) is 0 Å². The third kappa shape index (κ3) is 2.89. The van der Waals surface area contributed by atoms with Gasteiger partial charge in [0, 0.05) is 0 Å². The quantitative estimate of drug-likeness (QED) is 0.806. The van der Waals surface area contributed by atoms with E-state index in [1.807, 2.05) is 6.07 Å². The van der Waals surface area contributed by atoms with Crippen LogP contribution in [0.3, 0.4) is 0 Å². The van der Waals surface area contributed by atoms with E-state index >= 15 is 0 Å². The lowest BCUT2D eigenvalue weighted by Crippen LogP contribution is -2.35. The Balaban J connectivity index is 1.91. The Morgan fingerprint density at radius 2 is 1.58 bits per heavy atom. The number of phenolic OH excluding ortho intramolecular Hbond substituents is 1. The first kappa shape index (κ1) is 13.2. The van der Waals surface area contributed by atoms with Crippen LogP contribution in [0.25, 0.3) is 0 Å². The van der Waals surface area contributed by atoms with Gasteiger partial charge in [-0.05, 0) is 30.4 Å². The number of hydrogen-bond donors (Lipinski definition) is 1. The first-order valence-corrected chi connectivity index (χ1v) is 10.4. The Bertz CT molecular complexity index is 417. The number of phenols is 1. The van der Waals surface area contributed by atoms with Crippen LogP contribution < -0.4 is 5.19 Å². The van der Waals surface area contributed by atoms with Gasteiger partial charge in [-0.3, -0.25) is 0 Å². The van der Waals surface area contributed by atoms with Crippen molar-refractivity contribution < 1.29 is 5.11 Å². The summed E-state index contributed by atoms with van der Waals surface area (Å²) in [4.78, 5) is 0. The van der Waals surface area contributed by atoms with Crippen molar-refractivity contribution in [2.45, 2.75) is 69.4 Å². The highest BCUT2D eigenvalue weighted by molar-refractivity contribution is 6.73. The fourth-order valence-corrected chi connectivity index (χ4v) is 7.86. The van der Waals surface area contributed by atoms with Gasteiger partial charge in [-0.1, -0.05) is 67.9 Å². The number of benzene rings is 1. The number of hydrogen-bond acceptors (Lipinski definition) is 1. The minimum Gasteiger partial charge on any atom is -0.508 e. The van der Waals surface area contributed by atoms with E-state index < -0.39 is 8.80 Å². The van der Waals surface area contributed by atoms with Crippen LogP contribution in [-0.2, 0) is 0 Å². The standard InChI is InChI=1S/C17H26OSi/c18-15-10-7-11-16(19-12-5-2-6-13-19)17(15)14-8-3-1-4-9-14/h7,10-11,14,18-19H,1-6,8-9,12-13H2. The molecule has 2 heteroatoms. The van der Waals surface area contributed by atoms with Gasteiger partial charge in [-0.25, -0.2) is 0 Å². The van der Waals surface area contributed by atoms with E-state index in [0.717, 1.165) is 0 Å². The van der Waals surface area contributed by atoms with E-state index in [1.165, 1.54) is 69.0 Å². The maximum Gasteiger partial charge on any atom is 0.118 e. The van der Waals surface area contributed by atoms with Crippen LogP contribution in [0.5, 0.6) is 5.75 Å². The first-order valence-electron chi connectivity index (χ1n) is 8.18. The molecule has 2 fully saturated rings. The molecule has 2 aliphatic rings. The molecule has 1 N–H and O–H groups in total. The molecule has 1 saturated carbocycles.